The number of piperazine rings is 1. The van der Waals surface area contributed by atoms with Crippen molar-refractivity contribution in [1.29, 1.82) is 0 Å². The largest absolute Gasteiger partial charge is 0.339 e. The Morgan fingerprint density at radius 1 is 1.21 bits per heavy atom. The molecule has 2 aliphatic heterocycles. The predicted molar refractivity (Wildman–Crippen MR) is 95.0 cm³/mol. The van der Waals surface area contributed by atoms with Crippen LogP contribution in [0.2, 0.25) is 5.15 Å². The summed E-state index contributed by atoms with van der Waals surface area (Å²) in [6.45, 7) is 8.28. The molecule has 1 aromatic heterocycles. The first-order valence-corrected chi connectivity index (χ1v) is 9.32. The fourth-order valence-electron chi connectivity index (χ4n) is 3.63. The van der Waals surface area contributed by atoms with E-state index in [1.165, 1.54) is 6.42 Å². The number of likely N-dealkylation sites (tertiary alicyclic amines) is 1. The van der Waals surface area contributed by atoms with E-state index in [2.05, 4.69) is 26.6 Å². The lowest BCUT2D eigenvalue weighted by atomic mass is 10.0. The minimum absolute atomic E-state index is 0.298. The third-order valence-corrected chi connectivity index (χ3v) is 5.69. The van der Waals surface area contributed by atoms with Gasteiger partial charge < -0.3 is 9.47 Å². The zero-order valence-electron chi connectivity index (χ0n) is 14.7. The van der Waals surface area contributed by atoms with E-state index >= 15 is 0 Å². The highest BCUT2D eigenvalue weighted by Gasteiger charge is 2.26. The Morgan fingerprint density at radius 2 is 1.92 bits per heavy atom. The Kier molecular flexibility index (Phi) is 5.79. The quantitative estimate of drug-likeness (QED) is 0.824. The van der Waals surface area contributed by atoms with E-state index in [1.807, 2.05) is 11.6 Å². The first kappa shape index (κ1) is 17.7. The van der Waals surface area contributed by atoms with Gasteiger partial charge in [0.2, 0.25) is 5.91 Å². The summed E-state index contributed by atoms with van der Waals surface area (Å²) in [7, 11) is 1.94. The van der Waals surface area contributed by atoms with Gasteiger partial charge in [-0.15, -0.1) is 0 Å². The van der Waals surface area contributed by atoms with Crippen molar-refractivity contribution in [2.75, 3.05) is 39.3 Å². The number of carbonyl (C=O) groups is 1. The Morgan fingerprint density at radius 3 is 2.54 bits per heavy atom. The molecule has 0 spiro atoms. The van der Waals surface area contributed by atoms with Crippen LogP contribution < -0.4 is 0 Å². The number of rotatable bonds is 4. The molecule has 1 aromatic rings. The van der Waals surface area contributed by atoms with E-state index in [1.54, 1.807) is 6.20 Å². The van der Waals surface area contributed by atoms with Crippen LogP contribution in [0.3, 0.4) is 0 Å². The van der Waals surface area contributed by atoms with Gasteiger partial charge in [-0.2, -0.15) is 0 Å². The van der Waals surface area contributed by atoms with E-state index in [4.69, 9.17) is 11.6 Å². The number of hydrogen-bond donors (Lipinski definition) is 0. The standard InChI is InChI=1S/C17H28ClN5O/c1-14-5-3-4-6-23(14)17(24)13-22-9-7-21(8-10-22)12-16-19-11-15(18)20(16)2/h11,14H,3-10,12-13H2,1-2H3. The van der Waals surface area contributed by atoms with Crippen LogP contribution in [0.4, 0.5) is 0 Å². The summed E-state index contributed by atoms with van der Waals surface area (Å²) in [5.74, 6) is 1.29. The molecule has 0 aliphatic carbocycles. The second-order valence-corrected chi connectivity index (χ2v) is 7.43. The lowest BCUT2D eigenvalue weighted by Crippen LogP contribution is -2.51. The number of nitrogens with zero attached hydrogens (tertiary/aromatic N) is 5. The summed E-state index contributed by atoms with van der Waals surface area (Å²) >= 11 is 6.04. The van der Waals surface area contributed by atoms with Crippen LogP contribution in [0.1, 0.15) is 32.0 Å². The molecule has 0 N–H and O–H groups in total. The van der Waals surface area contributed by atoms with E-state index in [0.29, 0.717) is 23.6 Å². The number of imidazole rings is 1. The molecule has 134 valence electrons. The summed E-state index contributed by atoms with van der Waals surface area (Å²) in [5, 5.41) is 0.671. The van der Waals surface area contributed by atoms with Crippen molar-refractivity contribution < 1.29 is 4.79 Å². The fraction of sp³-hybridized carbons (Fsp3) is 0.765. The van der Waals surface area contributed by atoms with Crippen molar-refractivity contribution in [1.82, 2.24) is 24.3 Å². The second-order valence-electron chi connectivity index (χ2n) is 7.04. The molecular weight excluding hydrogens is 326 g/mol. The lowest BCUT2D eigenvalue weighted by Gasteiger charge is -2.38. The molecule has 0 radical (unpaired) electrons. The molecule has 24 heavy (non-hydrogen) atoms. The van der Waals surface area contributed by atoms with Gasteiger partial charge in [-0.1, -0.05) is 11.6 Å². The van der Waals surface area contributed by atoms with Gasteiger partial charge >= 0.3 is 0 Å². The Hall–Kier alpha value is -1.11. The average molecular weight is 354 g/mol. The first-order valence-electron chi connectivity index (χ1n) is 8.95. The van der Waals surface area contributed by atoms with Crippen molar-refractivity contribution in [2.24, 2.45) is 7.05 Å². The maximum atomic E-state index is 12.5. The van der Waals surface area contributed by atoms with E-state index in [9.17, 15) is 4.79 Å². The first-order chi connectivity index (χ1) is 11.5. The van der Waals surface area contributed by atoms with Gasteiger partial charge in [0, 0.05) is 45.8 Å². The summed E-state index contributed by atoms with van der Waals surface area (Å²) in [5.41, 5.74) is 0. The number of aromatic nitrogens is 2. The van der Waals surface area contributed by atoms with Crippen molar-refractivity contribution in [3.8, 4) is 0 Å². The van der Waals surface area contributed by atoms with Gasteiger partial charge in [0.25, 0.3) is 0 Å². The smallest absolute Gasteiger partial charge is 0.236 e. The van der Waals surface area contributed by atoms with E-state index < -0.39 is 0 Å². The molecule has 1 unspecified atom stereocenters. The highest BCUT2D eigenvalue weighted by molar-refractivity contribution is 6.29. The summed E-state index contributed by atoms with van der Waals surface area (Å²) in [4.78, 5) is 23.6. The Bertz CT molecular complexity index is 567. The SMILES string of the molecule is CC1CCCCN1C(=O)CN1CCN(Cc2ncc(Cl)n2C)CC1. The topological polar surface area (TPSA) is 44.6 Å². The molecule has 1 amide bonds. The molecule has 0 saturated carbocycles. The third kappa shape index (κ3) is 4.10. The monoisotopic (exact) mass is 353 g/mol. The summed E-state index contributed by atoms with van der Waals surface area (Å²) < 4.78 is 1.93. The molecule has 3 rings (SSSR count). The second kappa shape index (κ2) is 7.85. The maximum Gasteiger partial charge on any atom is 0.236 e. The molecule has 3 heterocycles. The van der Waals surface area contributed by atoms with Crippen LogP contribution >= 0.6 is 11.6 Å². The number of amides is 1. The van der Waals surface area contributed by atoms with E-state index in [0.717, 1.165) is 57.9 Å². The highest BCUT2D eigenvalue weighted by Crippen LogP contribution is 2.17. The summed E-state index contributed by atoms with van der Waals surface area (Å²) in [6, 6.07) is 0.403. The van der Waals surface area contributed by atoms with Crippen molar-refractivity contribution in [3.05, 3.63) is 17.2 Å². The number of halogens is 1. The zero-order valence-corrected chi connectivity index (χ0v) is 15.5. The van der Waals surface area contributed by atoms with Crippen molar-refractivity contribution >= 4 is 17.5 Å². The van der Waals surface area contributed by atoms with Gasteiger partial charge in [0.15, 0.2) is 0 Å². The van der Waals surface area contributed by atoms with Crippen LogP contribution in [0.25, 0.3) is 0 Å². The minimum atomic E-state index is 0.298. The van der Waals surface area contributed by atoms with Crippen molar-refractivity contribution in [3.63, 3.8) is 0 Å². The normalized spacial score (nSPS) is 23.6. The molecule has 1 atom stereocenters. The van der Waals surface area contributed by atoms with E-state index in [-0.39, 0.29) is 0 Å². The van der Waals surface area contributed by atoms with Gasteiger partial charge in [0.1, 0.15) is 11.0 Å². The van der Waals surface area contributed by atoms with Gasteiger partial charge in [0.05, 0.1) is 19.3 Å². The molecule has 6 nitrogen and oxygen atoms in total. The lowest BCUT2D eigenvalue weighted by molar-refractivity contribution is -0.136. The van der Waals surface area contributed by atoms with Crippen LogP contribution in [0.5, 0.6) is 0 Å². The number of piperidine rings is 1. The van der Waals surface area contributed by atoms with Crippen LogP contribution in [-0.4, -0.2) is 75.5 Å². The van der Waals surface area contributed by atoms with Crippen LogP contribution in [0.15, 0.2) is 6.20 Å². The predicted octanol–water partition coefficient (Wildman–Crippen LogP) is 1.59. The summed E-state index contributed by atoms with van der Waals surface area (Å²) in [6.07, 6.45) is 5.24. The molecule has 0 bridgehead atoms. The molecule has 2 aliphatic rings. The van der Waals surface area contributed by atoms with Gasteiger partial charge in [-0.25, -0.2) is 4.98 Å². The van der Waals surface area contributed by atoms with Gasteiger partial charge in [-0.05, 0) is 26.2 Å². The number of hydrogen-bond acceptors (Lipinski definition) is 4. The number of carbonyl (C=O) groups excluding carboxylic acids is 1. The third-order valence-electron chi connectivity index (χ3n) is 5.34. The highest BCUT2D eigenvalue weighted by atomic mass is 35.5. The fourth-order valence-corrected chi connectivity index (χ4v) is 3.77. The Labute approximate surface area is 149 Å². The minimum Gasteiger partial charge on any atom is -0.339 e. The van der Waals surface area contributed by atoms with Gasteiger partial charge in [-0.3, -0.25) is 14.6 Å². The molecule has 2 fully saturated rings. The van der Waals surface area contributed by atoms with Crippen molar-refractivity contribution in [2.45, 2.75) is 38.8 Å². The van der Waals surface area contributed by atoms with Crippen LogP contribution in [0, 0.1) is 0 Å². The molecule has 2 saturated heterocycles. The maximum absolute atomic E-state index is 12.5. The molecule has 7 heteroatoms. The average Bonchev–Trinajstić information content (AvgIpc) is 2.89. The van der Waals surface area contributed by atoms with Crippen LogP contribution in [-0.2, 0) is 18.4 Å². The molecular formula is C17H28ClN5O. The Balaban J connectivity index is 1.45. The zero-order chi connectivity index (χ0) is 17.1. The molecule has 0 aromatic carbocycles.